The van der Waals surface area contributed by atoms with E-state index in [1.807, 2.05) is 0 Å². The molecular formula is C11H14N2O3. The molecular weight excluding hydrogens is 208 g/mol. The average Bonchev–Trinajstić information content (AvgIpc) is 2.31. The molecule has 2 rings (SSSR count). The van der Waals surface area contributed by atoms with Gasteiger partial charge in [-0.1, -0.05) is 0 Å². The molecule has 1 atom stereocenters. The van der Waals surface area contributed by atoms with Gasteiger partial charge in [-0.2, -0.15) is 0 Å². The molecule has 16 heavy (non-hydrogen) atoms. The first-order chi connectivity index (χ1) is 7.77. The molecule has 1 aromatic heterocycles. The summed E-state index contributed by atoms with van der Waals surface area (Å²) in [5, 5.41) is 12.3. The first-order valence-electron chi connectivity index (χ1n) is 5.29. The Morgan fingerprint density at radius 3 is 3.19 bits per heavy atom. The number of aromatic hydroxyl groups is 1. The van der Waals surface area contributed by atoms with E-state index in [0.29, 0.717) is 6.61 Å². The van der Waals surface area contributed by atoms with Gasteiger partial charge in [-0.05, 0) is 18.9 Å². The number of amides is 1. The molecule has 0 spiro atoms. The van der Waals surface area contributed by atoms with Gasteiger partial charge in [-0.15, -0.1) is 0 Å². The highest BCUT2D eigenvalue weighted by molar-refractivity contribution is 5.96. The summed E-state index contributed by atoms with van der Waals surface area (Å²) in [5.74, 6) is -0.382. The second-order valence-corrected chi connectivity index (χ2v) is 3.78. The molecule has 0 aromatic carbocycles. The molecule has 0 bridgehead atoms. The van der Waals surface area contributed by atoms with Crippen LogP contribution in [0.1, 0.15) is 23.2 Å². The van der Waals surface area contributed by atoms with E-state index in [1.54, 1.807) is 0 Å². The van der Waals surface area contributed by atoms with Gasteiger partial charge in [0, 0.05) is 12.8 Å². The molecule has 0 radical (unpaired) electrons. The largest absolute Gasteiger partial charge is 0.505 e. The third-order valence-electron chi connectivity index (χ3n) is 2.54. The number of carbonyl (C=O) groups is 1. The lowest BCUT2D eigenvalue weighted by Crippen LogP contribution is -2.40. The van der Waals surface area contributed by atoms with Gasteiger partial charge < -0.3 is 15.2 Å². The summed E-state index contributed by atoms with van der Waals surface area (Å²) in [6.07, 6.45) is 4.60. The van der Waals surface area contributed by atoms with Gasteiger partial charge in [-0.3, -0.25) is 9.78 Å². The molecule has 1 aliphatic heterocycles. The fraction of sp³-hybridized carbons (Fsp3) is 0.455. The van der Waals surface area contributed by atoms with Gasteiger partial charge in [0.15, 0.2) is 0 Å². The van der Waals surface area contributed by atoms with Crippen molar-refractivity contribution in [2.45, 2.75) is 18.9 Å². The summed E-state index contributed by atoms with van der Waals surface area (Å²) in [6.45, 7) is 1.30. The fourth-order valence-electron chi connectivity index (χ4n) is 1.70. The Hall–Kier alpha value is -1.62. The molecule has 1 unspecified atom stereocenters. The summed E-state index contributed by atoms with van der Waals surface area (Å²) < 4.78 is 5.26. The lowest BCUT2D eigenvalue weighted by Gasteiger charge is -2.23. The molecule has 2 heterocycles. The highest BCUT2D eigenvalue weighted by atomic mass is 16.5. The smallest absolute Gasteiger partial charge is 0.255 e. The standard InChI is InChI=1S/C11H14N2O3/c14-10-6-12-4-3-9(10)11(15)13-8-2-1-5-16-7-8/h3-4,6,8,14H,1-2,5,7H2,(H,13,15). The fourth-order valence-corrected chi connectivity index (χ4v) is 1.70. The van der Waals surface area contributed by atoms with Crippen molar-refractivity contribution in [1.29, 1.82) is 0 Å². The highest BCUT2D eigenvalue weighted by Crippen LogP contribution is 2.14. The normalized spacial score (nSPS) is 20.4. The number of pyridine rings is 1. The van der Waals surface area contributed by atoms with Gasteiger partial charge in [0.1, 0.15) is 5.75 Å². The van der Waals surface area contributed by atoms with Crippen LogP contribution in [0.4, 0.5) is 0 Å². The van der Waals surface area contributed by atoms with Crippen LogP contribution in [0.5, 0.6) is 5.75 Å². The van der Waals surface area contributed by atoms with Crippen LogP contribution in [0, 0.1) is 0 Å². The third kappa shape index (κ3) is 2.49. The van der Waals surface area contributed by atoms with E-state index in [0.717, 1.165) is 19.4 Å². The molecule has 86 valence electrons. The van der Waals surface area contributed by atoms with Crippen LogP contribution in [0.3, 0.4) is 0 Å². The lowest BCUT2D eigenvalue weighted by molar-refractivity contribution is 0.0623. The van der Waals surface area contributed by atoms with Gasteiger partial charge in [0.25, 0.3) is 5.91 Å². The predicted octanol–water partition coefficient (Wildman–Crippen LogP) is 0.696. The number of hydrogen-bond donors (Lipinski definition) is 2. The van der Waals surface area contributed by atoms with E-state index < -0.39 is 0 Å². The zero-order valence-electron chi connectivity index (χ0n) is 8.85. The molecule has 1 aliphatic rings. The van der Waals surface area contributed by atoms with Gasteiger partial charge in [0.2, 0.25) is 0 Å². The topological polar surface area (TPSA) is 71.5 Å². The minimum atomic E-state index is -0.282. The number of nitrogens with zero attached hydrogens (tertiary/aromatic N) is 1. The van der Waals surface area contributed by atoms with Crippen LogP contribution >= 0.6 is 0 Å². The second kappa shape index (κ2) is 4.94. The summed E-state index contributed by atoms with van der Waals surface area (Å²) >= 11 is 0. The Bertz CT molecular complexity index is 375. The van der Waals surface area contributed by atoms with Crippen molar-refractivity contribution in [3.05, 3.63) is 24.0 Å². The second-order valence-electron chi connectivity index (χ2n) is 3.78. The quantitative estimate of drug-likeness (QED) is 0.772. The Morgan fingerprint density at radius 1 is 1.62 bits per heavy atom. The number of ether oxygens (including phenoxy) is 1. The van der Waals surface area contributed by atoms with Crippen molar-refractivity contribution in [3.8, 4) is 5.75 Å². The van der Waals surface area contributed by atoms with Crippen molar-refractivity contribution in [3.63, 3.8) is 0 Å². The summed E-state index contributed by atoms with van der Waals surface area (Å²) in [6, 6.07) is 1.53. The molecule has 5 nitrogen and oxygen atoms in total. The maximum Gasteiger partial charge on any atom is 0.255 e. The Labute approximate surface area is 93.5 Å². The van der Waals surface area contributed by atoms with Crippen LogP contribution in [-0.2, 0) is 4.74 Å². The Kier molecular flexibility index (Phi) is 3.36. The van der Waals surface area contributed by atoms with Crippen LogP contribution in [0.2, 0.25) is 0 Å². The highest BCUT2D eigenvalue weighted by Gasteiger charge is 2.18. The number of aromatic nitrogens is 1. The first-order valence-corrected chi connectivity index (χ1v) is 5.29. The van der Waals surface area contributed by atoms with Crippen LogP contribution in [-0.4, -0.2) is 35.3 Å². The van der Waals surface area contributed by atoms with Crippen molar-refractivity contribution in [1.82, 2.24) is 10.3 Å². The molecule has 0 saturated carbocycles. The molecule has 0 aliphatic carbocycles. The van der Waals surface area contributed by atoms with E-state index >= 15 is 0 Å². The van der Waals surface area contributed by atoms with Crippen LogP contribution in [0.15, 0.2) is 18.5 Å². The number of nitrogens with one attached hydrogen (secondary N) is 1. The first kappa shape index (κ1) is 10.9. The minimum Gasteiger partial charge on any atom is -0.505 e. The maximum absolute atomic E-state index is 11.8. The summed E-state index contributed by atoms with van der Waals surface area (Å²) in [5.41, 5.74) is 0.251. The van der Waals surface area contributed by atoms with E-state index in [2.05, 4.69) is 10.3 Å². The number of rotatable bonds is 2. The van der Waals surface area contributed by atoms with E-state index in [9.17, 15) is 9.90 Å². The van der Waals surface area contributed by atoms with Crippen molar-refractivity contribution in [2.24, 2.45) is 0 Å². The zero-order chi connectivity index (χ0) is 11.4. The average molecular weight is 222 g/mol. The monoisotopic (exact) mass is 222 g/mol. The van der Waals surface area contributed by atoms with Crippen molar-refractivity contribution < 1.29 is 14.6 Å². The molecule has 1 amide bonds. The predicted molar refractivity (Wildman–Crippen MR) is 57.2 cm³/mol. The molecule has 2 N–H and O–H groups in total. The molecule has 1 fully saturated rings. The van der Waals surface area contributed by atoms with Crippen molar-refractivity contribution in [2.75, 3.05) is 13.2 Å². The van der Waals surface area contributed by atoms with Crippen molar-refractivity contribution >= 4 is 5.91 Å². The summed E-state index contributed by atoms with van der Waals surface area (Å²) in [4.78, 5) is 15.5. The molecule has 1 aromatic rings. The summed E-state index contributed by atoms with van der Waals surface area (Å²) in [7, 11) is 0. The van der Waals surface area contributed by atoms with Crippen LogP contribution < -0.4 is 5.32 Å². The molecule has 5 heteroatoms. The maximum atomic E-state index is 11.8. The lowest BCUT2D eigenvalue weighted by atomic mass is 10.1. The Balaban J connectivity index is 2.00. The third-order valence-corrected chi connectivity index (χ3v) is 2.54. The van der Waals surface area contributed by atoms with E-state index in [-0.39, 0.29) is 23.3 Å². The van der Waals surface area contributed by atoms with Crippen LogP contribution in [0.25, 0.3) is 0 Å². The van der Waals surface area contributed by atoms with E-state index in [4.69, 9.17) is 4.74 Å². The molecule has 1 saturated heterocycles. The SMILES string of the molecule is O=C(NC1CCCOC1)c1ccncc1O. The zero-order valence-corrected chi connectivity index (χ0v) is 8.85. The number of carbonyl (C=O) groups excluding carboxylic acids is 1. The Morgan fingerprint density at radius 2 is 2.50 bits per heavy atom. The van der Waals surface area contributed by atoms with Gasteiger partial charge >= 0.3 is 0 Å². The minimum absolute atomic E-state index is 0.0359. The number of hydrogen-bond acceptors (Lipinski definition) is 4. The van der Waals surface area contributed by atoms with Gasteiger partial charge in [-0.25, -0.2) is 0 Å². The van der Waals surface area contributed by atoms with E-state index in [1.165, 1.54) is 18.5 Å². The van der Waals surface area contributed by atoms with Gasteiger partial charge in [0.05, 0.1) is 24.4 Å².